The molecule has 0 radical (unpaired) electrons. The minimum absolute atomic E-state index is 0.146. The van der Waals surface area contributed by atoms with Crippen molar-refractivity contribution in [2.24, 2.45) is 7.05 Å². The van der Waals surface area contributed by atoms with E-state index in [2.05, 4.69) is 0 Å². The summed E-state index contributed by atoms with van der Waals surface area (Å²) in [6.07, 6.45) is 0.595. The molecule has 1 unspecified atom stereocenters. The van der Waals surface area contributed by atoms with E-state index in [1.807, 2.05) is 6.92 Å². The van der Waals surface area contributed by atoms with E-state index in [0.29, 0.717) is 35.3 Å². The highest BCUT2D eigenvalue weighted by molar-refractivity contribution is 6.07. The van der Waals surface area contributed by atoms with E-state index in [0.717, 1.165) is 0 Å². The molecular formula is C23H29N3O6. The first kappa shape index (κ1) is 24.8. The van der Waals surface area contributed by atoms with Crippen LogP contribution in [0.1, 0.15) is 68.3 Å². The molecule has 1 atom stereocenters. The lowest BCUT2D eigenvalue weighted by molar-refractivity contribution is -0.385. The van der Waals surface area contributed by atoms with E-state index in [9.17, 15) is 24.5 Å². The predicted molar refractivity (Wildman–Crippen MR) is 119 cm³/mol. The Morgan fingerprint density at radius 1 is 1.22 bits per heavy atom. The number of benzene rings is 1. The van der Waals surface area contributed by atoms with Gasteiger partial charge in [0.1, 0.15) is 5.69 Å². The largest absolute Gasteiger partial charge is 0.464 e. The van der Waals surface area contributed by atoms with Crippen molar-refractivity contribution < 1.29 is 24.0 Å². The van der Waals surface area contributed by atoms with Gasteiger partial charge in [0.25, 0.3) is 11.6 Å². The second-order valence-corrected chi connectivity index (χ2v) is 7.78. The van der Waals surface area contributed by atoms with Crippen molar-refractivity contribution in [3.05, 3.63) is 62.0 Å². The Morgan fingerprint density at radius 2 is 1.84 bits per heavy atom. The van der Waals surface area contributed by atoms with Crippen LogP contribution < -0.4 is 0 Å². The van der Waals surface area contributed by atoms with Crippen LogP contribution in [0.25, 0.3) is 0 Å². The van der Waals surface area contributed by atoms with Crippen molar-refractivity contribution in [2.45, 2.75) is 47.1 Å². The highest BCUT2D eigenvalue weighted by atomic mass is 16.6. The number of ketones is 1. The predicted octanol–water partition coefficient (Wildman–Crippen LogP) is 3.77. The Kier molecular flexibility index (Phi) is 7.56. The third-order valence-electron chi connectivity index (χ3n) is 5.78. The van der Waals surface area contributed by atoms with Gasteiger partial charge in [-0.05, 0) is 45.7 Å². The van der Waals surface area contributed by atoms with Gasteiger partial charge in [-0.3, -0.25) is 19.7 Å². The molecule has 1 amide bonds. The number of hydrogen-bond donors (Lipinski definition) is 0. The van der Waals surface area contributed by atoms with Crippen LogP contribution in [0.15, 0.2) is 18.2 Å². The topological polar surface area (TPSA) is 112 Å². The molecule has 1 aromatic carbocycles. The first-order chi connectivity index (χ1) is 15.0. The van der Waals surface area contributed by atoms with Crippen LogP contribution in [0.5, 0.6) is 0 Å². The lowest BCUT2D eigenvalue weighted by Gasteiger charge is -2.28. The van der Waals surface area contributed by atoms with Crippen molar-refractivity contribution in [3.63, 3.8) is 0 Å². The molecule has 0 bridgehead atoms. The highest BCUT2D eigenvalue weighted by Crippen LogP contribution is 2.26. The van der Waals surface area contributed by atoms with Crippen molar-refractivity contribution >= 4 is 23.3 Å². The third-order valence-corrected chi connectivity index (χ3v) is 5.78. The number of nitrogens with zero attached hydrogens (tertiary/aromatic N) is 3. The van der Waals surface area contributed by atoms with E-state index in [-0.39, 0.29) is 22.7 Å². The number of Topliss-reactive ketones (excluding diaryl/α,β-unsaturated/α-hetero) is 1. The first-order valence-corrected chi connectivity index (χ1v) is 10.3. The van der Waals surface area contributed by atoms with Crippen LogP contribution in [0.2, 0.25) is 0 Å². The molecule has 9 heteroatoms. The normalized spacial score (nSPS) is 11.7. The van der Waals surface area contributed by atoms with Crippen LogP contribution in [-0.2, 0) is 11.8 Å². The fraction of sp³-hybridized carbons (Fsp3) is 0.435. The summed E-state index contributed by atoms with van der Waals surface area (Å²) in [5.74, 6) is -1.32. The van der Waals surface area contributed by atoms with Crippen molar-refractivity contribution in [3.8, 4) is 0 Å². The number of esters is 1. The van der Waals surface area contributed by atoms with E-state index >= 15 is 0 Å². The zero-order chi connectivity index (χ0) is 24.3. The highest BCUT2D eigenvalue weighted by Gasteiger charge is 2.33. The van der Waals surface area contributed by atoms with Crippen molar-refractivity contribution in [1.82, 2.24) is 9.47 Å². The summed E-state index contributed by atoms with van der Waals surface area (Å²) in [4.78, 5) is 51.1. The number of methoxy groups -OCH3 is 1. The molecule has 0 N–H and O–H groups in total. The molecule has 1 aromatic heterocycles. The zero-order valence-electron chi connectivity index (χ0n) is 19.5. The van der Waals surface area contributed by atoms with Crippen LogP contribution in [0.4, 0.5) is 5.69 Å². The Balaban J connectivity index is 2.49. The molecule has 0 aliphatic rings. The molecule has 0 saturated carbocycles. The Labute approximate surface area is 187 Å². The number of nitro groups is 1. The van der Waals surface area contributed by atoms with Gasteiger partial charge >= 0.3 is 5.97 Å². The number of amides is 1. The lowest BCUT2D eigenvalue weighted by Crippen LogP contribution is -2.44. The van der Waals surface area contributed by atoms with Crippen LogP contribution in [0, 0.1) is 30.9 Å². The van der Waals surface area contributed by atoms with Gasteiger partial charge in [-0.25, -0.2) is 4.79 Å². The minimum Gasteiger partial charge on any atom is -0.464 e. The molecule has 0 spiro atoms. The van der Waals surface area contributed by atoms with Gasteiger partial charge in [-0.2, -0.15) is 0 Å². The summed E-state index contributed by atoms with van der Waals surface area (Å²) < 4.78 is 6.45. The quantitative estimate of drug-likeness (QED) is 0.266. The third kappa shape index (κ3) is 4.42. The molecule has 1 heterocycles. The van der Waals surface area contributed by atoms with Gasteiger partial charge in [0, 0.05) is 42.0 Å². The van der Waals surface area contributed by atoms with Crippen molar-refractivity contribution in [1.29, 1.82) is 0 Å². The second-order valence-electron chi connectivity index (χ2n) is 7.78. The Bertz CT molecular complexity index is 1090. The van der Waals surface area contributed by atoms with E-state index in [1.54, 1.807) is 39.3 Å². The van der Waals surface area contributed by atoms with Crippen LogP contribution >= 0.6 is 0 Å². The molecular weight excluding hydrogens is 414 g/mol. The summed E-state index contributed by atoms with van der Waals surface area (Å²) in [5.41, 5.74) is 2.17. The van der Waals surface area contributed by atoms with Gasteiger partial charge in [-0.1, -0.05) is 13.0 Å². The SMILES string of the molecule is CCCN(C(=O)c1ccc(C)c([N+](=O)[O-])c1)C(C)C(=O)c1c(C)c(C(=O)OC)n(C)c1C. The lowest BCUT2D eigenvalue weighted by atomic mass is 9.99. The summed E-state index contributed by atoms with van der Waals surface area (Å²) in [6.45, 7) is 8.80. The maximum Gasteiger partial charge on any atom is 0.354 e. The summed E-state index contributed by atoms with van der Waals surface area (Å²) in [5, 5.41) is 11.3. The van der Waals surface area contributed by atoms with E-state index in [1.165, 1.54) is 30.2 Å². The number of hydrogen-bond acceptors (Lipinski definition) is 6. The summed E-state index contributed by atoms with van der Waals surface area (Å²) in [7, 11) is 2.95. The van der Waals surface area contributed by atoms with E-state index in [4.69, 9.17) is 4.74 Å². The fourth-order valence-electron chi connectivity index (χ4n) is 3.89. The van der Waals surface area contributed by atoms with Gasteiger partial charge in [0.05, 0.1) is 18.1 Å². The Hall–Kier alpha value is -3.49. The van der Waals surface area contributed by atoms with Crippen molar-refractivity contribution in [2.75, 3.05) is 13.7 Å². The number of aromatic nitrogens is 1. The molecule has 32 heavy (non-hydrogen) atoms. The maximum absolute atomic E-state index is 13.5. The smallest absolute Gasteiger partial charge is 0.354 e. The number of aryl methyl sites for hydroxylation is 1. The second kappa shape index (κ2) is 9.76. The molecule has 0 aliphatic carbocycles. The molecule has 2 rings (SSSR count). The fourth-order valence-corrected chi connectivity index (χ4v) is 3.89. The number of rotatable bonds is 8. The standard InChI is InChI=1S/C23H29N3O6/c1-8-11-25(22(28)17-10-9-13(2)18(12-17)26(30)31)16(5)21(27)19-14(3)20(23(29)32-7)24(6)15(19)4/h9-10,12,16H,8,11H2,1-7H3. The molecule has 0 saturated heterocycles. The minimum atomic E-state index is -0.840. The Morgan fingerprint density at radius 3 is 2.38 bits per heavy atom. The van der Waals surface area contributed by atoms with Gasteiger partial charge in [0.15, 0.2) is 5.78 Å². The number of ether oxygens (including phenoxy) is 1. The molecule has 0 aliphatic heterocycles. The molecule has 9 nitrogen and oxygen atoms in total. The summed E-state index contributed by atoms with van der Waals surface area (Å²) >= 11 is 0. The van der Waals surface area contributed by atoms with E-state index < -0.39 is 22.8 Å². The van der Waals surface area contributed by atoms with Crippen LogP contribution in [0.3, 0.4) is 0 Å². The first-order valence-electron chi connectivity index (χ1n) is 10.3. The molecule has 172 valence electrons. The maximum atomic E-state index is 13.5. The number of carbonyl (C=O) groups is 3. The zero-order valence-corrected chi connectivity index (χ0v) is 19.5. The molecule has 0 fully saturated rings. The average molecular weight is 444 g/mol. The van der Waals surface area contributed by atoms with Gasteiger partial charge < -0.3 is 14.2 Å². The number of nitro benzene ring substituents is 1. The number of carbonyl (C=O) groups excluding carboxylic acids is 3. The van der Waals surface area contributed by atoms with Crippen LogP contribution in [-0.4, -0.2) is 51.7 Å². The van der Waals surface area contributed by atoms with Gasteiger partial charge in [-0.15, -0.1) is 0 Å². The van der Waals surface area contributed by atoms with Gasteiger partial charge in [0.2, 0.25) is 0 Å². The summed E-state index contributed by atoms with van der Waals surface area (Å²) in [6, 6.07) is 3.45. The monoisotopic (exact) mass is 443 g/mol. The molecule has 2 aromatic rings. The average Bonchev–Trinajstić information content (AvgIpc) is 2.98.